The molecule has 0 atom stereocenters. The van der Waals surface area contributed by atoms with Crippen LogP contribution < -0.4 is 4.90 Å². The Morgan fingerprint density at radius 3 is 1.58 bits per heavy atom. The largest absolute Gasteiger partial charge is 0.310 e. The molecule has 264 valence electrons. The van der Waals surface area contributed by atoms with Crippen molar-refractivity contribution < 1.29 is 0 Å². The smallest absolute Gasteiger partial charge is 0.0467 e. The second kappa shape index (κ2) is 15.3. The lowest BCUT2D eigenvalue weighted by molar-refractivity contribution is 0.795. The Morgan fingerprint density at radius 2 is 0.855 bits per heavy atom. The van der Waals surface area contributed by atoms with E-state index in [1.54, 1.807) is 0 Å². The molecule has 0 aliphatic carbocycles. The molecule has 0 fully saturated rings. The zero-order valence-electron chi connectivity index (χ0n) is 31.2. The molecule has 0 saturated heterocycles. The second-order valence-electron chi connectivity index (χ2n) is 14.4. The highest BCUT2D eigenvalue weighted by atomic mass is 15.1. The van der Waals surface area contributed by atoms with Gasteiger partial charge in [-0.25, -0.2) is 0 Å². The van der Waals surface area contributed by atoms with Gasteiger partial charge in [0.15, 0.2) is 0 Å². The number of benzene rings is 9. The fourth-order valence-electron chi connectivity index (χ4n) is 7.93. The monoisotopic (exact) mass is 705 g/mol. The number of nitrogens with zero attached hydrogens (tertiary/aromatic N) is 1. The van der Waals surface area contributed by atoms with Crippen LogP contribution >= 0.6 is 0 Å². The Bertz CT molecular complexity index is 2720. The van der Waals surface area contributed by atoms with Gasteiger partial charge in [0.1, 0.15) is 0 Å². The summed E-state index contributed by atoms with van der Waals surface area (Å²) in [5.41, 5.74) is 14.4. The highest BCUT2D eigenvalue weighted by molar-refractivity contribution is 6.13. The number of rotatable bonds is 10. The minimum atomic E-state index is 1.11. The van der Waals surface area contributed by atoms with Gasteiger partial charge in [-0.05, 0) is 133 Å². The normalized spacial score (nSPS) is 11.2. The van der Waals surface area contributed by atoms with Crippen molar-refractivity contribution >= 4 is 38.6 Å². The molecule has 0 N–H and O–H groups in total. The zero-order chi connectivity index (χ0) is 37.0. The number of anilines is 3. The van der Waals surface area contributed by atoms with Crippen molar-refractivity contribution in [1.29, 1.82) is 0 Å². The van der Waals surface area contributed by atoms with E-state index in [0.717, 1.165) is 23.5 Å². The van der Waals surface area contributed by atoms with Crippen molar-refractivity contribution in [3.63, 3.8) is 0 Å². The molecular formula is C54H43N. The van der Waals surface area contributed by atoms with E-state index in [2.05, 4.69) is 218 Å². The maximum absolute atomic E-state index is 2.39. The number of fused-ring (bicyclic) bond motifs is 3. The third-order valence-electron chi connectivity index (χ3n) is 10.8. The van der Waals surface area contributed by atoms with Crippen molar-refractivity contribution in [3.8, 4) is 44.5 Å². The molecule has 1 nitrogen and oxygen atoms in total. The van der Waals surface area contributed by atoms with E-state index in [1.165, 1.54) is 84.5 Å². The maximum Gasteiger partial charge on any atom is 0.0467 e. The molecule has 0 aliphatic heterocycles. The molecule has 0 saturated carbocycles. The number of aryl methyl sites for hydroxylation is 1. The minimum absolute atomic E-state index is 1.11. The van der Waals surface area contributed by atoms with Gasteiger partial charge in [-0.3, -0.25) is 0 Å². The molecule has 0 amide bonds. The molecule has 1 heteroatoms. The summed E-state index contributed by atoms with van der Waals surface area (Å²) in [4.78, 5) is 2.39. The molecule has 0 heterocycles. The molecule has 9 aromatic carbocycles. The van der Waals surface area contributed by atoms with E-state index in [-0.39, 0.29) is 0 Å². The van der Waals surface area contributed by atoms with Crippen LogP contribution in [0, 0.1) is 0 Å². The van der Waals surface area contributed by atoms with Crippen LogP contribution in [0.2, 0.25) is 0 Å². The summed E-state index contributed by atoms with van der Waals surface area (Å²) in [6, 6.07) is 75.5. The summed E-state index contributed by atoms with van der Waals surface area (Å²) in [5.74, 6) is 0. The van der Waals surface area contributed by atoms with Gasteiger partial charge in [-0.1, -0.05) is 171 Å². The first-order chi connectivity index (χ1) is 27.2. The highest BCUT2D eigenvalue weighted by Crippen LogP contribution is 2.41. The van der Waals surface area contributed by atoms with Crippen LogP contribution in [0.5, 0.6) is 0 Å². The van der Waals surface area contributed by atoms with E-state index in [4.69, 9.17) is 0 Å². The lowest BCUT2D eigenvalue weighted by Gasteiger charge is -2.27. The van der Waals surface area contributed by atoms with Gasteiger partial charge in [-0.15, -0.1) is 0 Å². The zero-order valence-corrected chi connectivity index (χ0v) is 31.2. The number of hydrogen-bond acceptors (Lipinski definition) is 1. The molecule has 0 radical (unpaired) electrons. The standard InChI is InChI=1S/C54H43N/c1-2-3-14-39-27-29-42(30-28-39)43-18-11-19-44(35-43)45-20-12-22-49(36-45)55(48-33-31-41(32-34-48)40-15-5-4-6-16-40)50-23-13-21-46(37-50)54-38-47-17-7-8-24-51(47)52-25-9-10-26-53(52)54/h4-13,15-38H,2-3,14H2,1H3. The molecule has 9 rings (SSSR count). The van der Waals surface area contributed by atoms with Crippen LogP contribution in [0.3, 0.4) is 0 Å². The van der Waals surface area contributed by atoms with Crippen molar-refractivity contribution in [1.82, 2.24) is 0 Å². The topological polar surface area (TPSA) is 3.24 Å². The second-order valence-corrected chi connectivity index (χ2v) is 14.4. The first kappa shape index (κ1) is 34.1. The van der Waals surface area contributed by atoms with Crippen molar-refractivity contribution in [2.45, 2.75) is 26.2 Å². The van der Waals surface area contributed by atoms with Crippen LogP contribution in [-0.4, -0.2) is 0 Å². The van der Waals surface area contributed by atoms with E-state index in [9.17, 15) is 0 Å². The van der Waals surface area contributed by atoms with Gasteiger partial charge in [-0.2, -0.15) is 0 Å². The van der Waals surface area contributed by atoms with Crippen LogP contribution in [0.25, 0.3) is 66.1 Å². The lowest BCUT2D eigenvalue weighted by Crippen LogP contribution is -2.10. The van der Waals surface area contributed by atoms with Crippen LogP contribution in [0.4, 0.5) is 17.1 Å². The summed E-state index contributed by atoms with van der Waals surface area (Å²) < 4.78 is 0. The van der Waals surface area contributed by atoms with Crippen molar-refractivity contribution in [2.75, 3.05) is 4.90 Å². The SMILES string of the molecule is CCCCc1ccc(-c2cccc(-c3cccc(N(c4ccc(-c5ccccc5)cc4)c4cccc(-c5cc6ccccc6c6ccccc56)c4)c3)c2)cc1. The quantitative estimate of drug-likeness (QED) is 0.128. The molecule has 0 aromatic heterocycles. The van der Waals surface area contributed by atoms with Gasteiger partial charge >= 0.3 is 0 Å². The van der Waals surface area contributed by atoms with E-state index >= 15 is 0 Å². The third-order valence-corrected chi connectivity index (χ3v) is 10.8. The van der Waals surface area contributed by atoms with Crippen LogP contribution in [0.15, 0.2) is 206 Å². The predicted octanol–water partition coefficient (Wildman–Crippen LogP) is 15.5. The minimum Gasteiger partial charge on any atom is -0.310 e. The van der Waals surface area contributed by atoms with Gasteiger partial charge < -0.3 is 4.90 Å². The number of unbranched alkanes of at least 4 members (excludes halogenated alkanes) is 1. The van der Waals surface area contributed by atoms with Crippen molar-refractivity contribution in [2.24, 2.45) is 0 Å². The number of hydrogen-bond donors (Lipinski definition) is 0. The predicted molar refractivity (Wildman–Crippen MR) is 236 cm³/mol. The molecule has 0 bridgehead atoms. The Labute approximate surface area is 324 Å². The van der Waals surface area contributed by atoms with Crippen LogP contribution in [0.1, 0.15) is 25.3 Å². The molecule has 0 aliphatic rings. The van der Waals surface area contributed by atoms with Crippen LogP contribution in [-0.2, 0) is 6.42 Å². The Balaban J connectivity index is 1.14. The molecule has 0 spiro atoms. The lowest BCUT2D eigenvalue weighted by atomic mass is 9.93. The van der Waals surface area contributed by atoms with E-state index < -0.39 is 0 Å². The Kier molecular flexibility index (Phi) is 9.51. The summed E-state index contributed by atoms with van der Waals surface area (Å²) in [6.07, 6.45) is 3.58. The van der Waals surface area contributed by atoms with Gasteiger partial charge in [0.25, 0.3) is 0 Å². The van der Waals surface area contributed by atoms with E-state index in [0.29, 0.717) is 0 Å². The average molecular weight is 706 g/mol. The fraction of sp³-hybridized carbons (Fsp3) is 0.0741. The Morgan fingerprint density at radius 1 is 0.345 bits per heavy atom. The summed E-state index contributed by atoms with van der Waals surface area (Å²) in [6.45, 7) is 2.25. The first-order valence-corrected chi connectivity index (χ1v) is 19.5. The van der Waals surface area contributed by atoms with Crippen molar-refractivity contribution in [3.05, 3.63) is 212 Å². The fourth-order valence-corrected chi connectivity index (χ4v) is 7.93. The molecular weight excluding hydrogens is 663 g/mol. The summed E-state index contributed by atoms with van der Waals surface area (Å²) in [5, 5.41) is 5.06. The maximum atomic E-state index is 2.39. The first-order valence-electron chi connectivity index (χ1n) is 19.5. The average Bonchev–Trinajstić information content (AvgIpc) is 3.26. The summed E-state index contributed by atoms with van der Waals surface area (Å²) >= 11 is 0. The highest BCUT2D eigenvalue weighted by Gasteiger charge is 2.16. The molecule has 55 heavy (non-hydrogen) atoms. The van der Waals surface area contributed by atoms with E-state index in [1.807, 2.05) is 0 Å². The summed E-state index contributed by atoms with van der Waals surface area (Å²) in [7, 11) is 0. The van der Waals surface area contributed by atoms with Gasteiger partial charge in [0.2, 0.25) is 0 Å². The third kappa shape index (κ3) is 7.05. The Hall–Kier alpha value is -6.70. The van der Waals surface area contributed by atoms with Gasteiger partial charge in [0.05, 0.1) is 0 Å². The van der Waals surface area contributed by atoms with Gasteiger partial charge in [0, 0.05) is 17.1 Å². The molecule has 9 aromatic rings. The molecule has 0 unspecified atom stereocenters.